The van der Waals surface area contributed by atoms with Gasteiger partial charge >= 0.3 is 0 Å². The van der Waals surface area contributed by atoms with E-state index in [0.29, 0.717) is 18.5 Å². The molecule has 0 aromatic heterocycles. The number of halogens is 1. The number of carbonyl (C=O) groups excluding carboxylic acids is 2. The Morgan fingerprint density at radius 1 is 1.14 bits per heavy atom. The van der Waals surface area contributed by atoms with Crippen LogP contribution in [0.5, 0.6) is 0 Å². The van der Waals surface area contributed by atoms with Gasteiger partial charge in [-0.3, -0.25) is 9.59 Å². The lowest BCUT2D eigenvalue weighted by Gasteiger charge is -2.40. The summed E-state index contributed by atoms with van der Waals surface area (Å²) in [4.78, 5) is 24.3. The van der Waals surface area contributed by atoms with Crippen molar-refractivity contribution in [1.29, 1.82) is 0 Å². The topological polar surface area (TPSA) is 95.6 Å². The van der Waals surface area contributed by atoms with E-state index in [-0.39, 0.29) is 28.2 Å². The predicted octanol–water partition coefficient (Wildman–Crippen LogP) is 4.53. The van der Waals surface area contributed by atoms with Gasteiger partial charge in [0, 0.05) is 23.7 Å². The van der Waals surface area contributed by atoms with Gasteiger partial charge in [-0.05, 0) is 70.4 Å². The van der Waals surface area contributed by atoms with Gasteiger partial charge in [-0.2, -0.15) is 4.31 Å². The summed E-state index contributed by atoms with van der Waals surface area (Å²) in [6, 6.07) is 13.6. The van der Waals surface area contributed by atoms with E-state index >= 15 is 0 Å². The second-order valence-corrected chi connectivity index (χ2v) is 12.0. The molecule has 1 aliphatic heterocycles. The first kappa shape index (κ1) is 26.9. The third-order valence-electron chi connectivity index (χ3n) is 6.35. The quantitative estimate of drug-likeness (QED) is 0.503. The molecular weight excluding hydrogens is 486 g/mol. The SMILES string of the molecule is C=CC(=O)NC1CC(C)(C)N(S(=O)(=O)c2ccc(NC(=O)CCc3ccccc3)cc2Cl)C1(C)C. The predicted molar refractivity (Wildman–Crippen MR) is 139 cm³/mol. The van der Waals surface area contributed by atoms with Gasteiger partial charge in [-0.1, -0.05) is 48.5 Å². The average molecular weight is 518 g/mol. The molecule has 2 aromatic rings. The molecule has 0 radical (unpaired) electrons. The molecule has 35 heavy (non-hydrogen) atoms. The van der Waals surface area contributed by atoms with E-state index in [1.54, 1.807) is 13.8 Å². The van der Waals surface area contributed by atoms with Gasteiger partial charge in [0.05, 0.1) is 10.6 Å². The van der Waals surface area contributed by atoms with E-state index in [1.807, 2.05) is 44.2 Å². The number of hydrogen-bond donors (Lipinski definition) is 2. The van der Waals surface area contributed by atoms with Gasteiger partial charge in [0.15, 0.2) is 0 Å². The normalized spacial score (nSPS) is 19.2. The molecule has 1 atom stereocenters. The minimum Gasteiger partial charge on any atom is -0.348 e. The number of anilines is 1. The van der Waals surface area contributed by atoms with Crippen LogP contribution in [0, 0.1) is 0 Å². The third kappa shape index (κ3) is 5.77. The lowest BCUT2D eigenvalue weighted by molar-refractivity contribution is -0.117. The van der Waals surface area contributed by atoms with Crippen LogP contribution >= 0.6 is 11.6 Å². The van der Waals surface area contributed by atoms with Crippen molar-refractivity contribution in [1.82, 2.24) is 9.62 Å². The van der Waals surface area contributed by atoms with Crippen molar-refractivity contribution in [2.75, 3.05) is 5.32 Å². The molecule has 9 heteroatoms. The van der Waals surface area contributed by atoms with E-state index in [1.165, 1.54) is 28.6 Å². The Labute approximate surface area is 212 Å². The number of nitrogens with zero attached hydrogens (tertiary/aromatic N) is 1. The molecule has 1 heterocycles. The average Bonchev–Trinajstić information content (AvgIpc) is 2.95. The van der Waals surface area contributed by atoms with Crippen molar-refractivity contribution >= 4 is 39.1 Å². The fraction of sp³-hybridized carbons (Fsp3) is 0.385. The number of nitrogens with one attached hydrogen (secondary N) is 2. The minimum atomic E-state index is -4.04. The van der Waals surface area contributed by atoms with Crippen molar-refractivity contribution in [3.8, 4) is 0 Å². The van der Waals surface area contributed by atoms with Gasteiger partial charge in [0.2, 0.25) is 21.8 Å². The lowest BCUT2D eigenvalue weighted by atomic mass is 9.94. The van der Waals surface area contributed by atoms with E-state index < -0.39 is 27.1 Å². The zero-order valence-corrected chi connectivity index (χ0v) is 22.0. The zero-order valence-electron chi connectivity index (χ0n) is 20.5. The van der Waals surface area contributed by atoms with Crippen molar-refractivity contribution in [3.05, 3.63) is 71.8 Å². The molecular formula is C26H32ClN3O4S. The molecule has 0 saturated carbocycles. The standard InChI is InChI=1S/C26H32ClN3O4S/c1-6-23(31)29-22-17-25(2,3)30(26(22,4)5)35(33,34)21-14-13-19(16-20(21)27)28-24(32)15-12-18-10-8-7-9-11-18/h6-11,13-14,16,22H,1,12,15,17H2,2-5H3,(H,28,32)(H,29,31). The molecule has 2 amide bonds. The van der Waals surface area contributed by atoms with E-state index in [9.17, 15) is 18.0 Å². The van der Waals surface area contributed by atoms with E-state index in [0.717, 1.165) is 5.56 Å². The van der Waals surface area contributed by atoms with Gasteiger partial charge < -0.3 is 10.6 Å². The van der Waals surface area contributed by atoms with Gasteiger partial charge in [0.25, 0.3) is 0 Å². The van der Waals surface area contributed by atoms with E-state index in [2.05, 4.69) is 17.2 Å². The Hall–Kier alpha value is -2.68. The van der Waals surface area contributed by atoms with Crippen LogP contribution in [-0.4, -0.2) is 41.7 Å². The number of amides is 2. The Morgan fingerprint density at radius 2 is 1.80 bits per heavy atom. The molecule has 1 aliphatic rings. The highest BCUT2D eigenvalue weighted by molar-refractivity contribution is 7.89. The van der Waals surface area contributed by atoms with Crippen LogP contribution in [0.15, 0.2) is 66.1 Å². The largest absolute Gasteiger partial charge is 0.348 e. The molecule has 0 bridgehead atoms. The summed E-state index contributed by atoms with van der Waals surface area (Å²) in [5.74, 6) is -0.549. The zero-order chi connectivity index (χ0) is 26.0. The fourth-order valence-corrected chi connectivity index (χ4v) is 7.55. The van der Waals surface area contributed by atoms with Crippen molar-refractivity contribution in [3.63, 3.8) is 0 Å². The molecule has 1 saturated heterocycles. The van der Waals surface area contributed by atoms with Crippen molar-refractivity contribution < 1.29 is 18.0 Å². The molecule has 2 aromatic carbocycles. The molecule has 1 unspecified atom stereocenters. The smallest absolute Gasteiger partial charge is 0.245 e. The van der Waals surface area contributed by atoms with Crippen molar-refractivity contribution in [2.45, 2.75) is 69.0 Å². The number of rotatable bonds is 8. The molecule has 188 valence electrons. The first-order valence-corrected chi connectivity index (χ1v) is 13.2. The van der Waals surface area contributed by atoms with Crippen LogP contribution in [0.1, 0.15) is 46.1 Å². The number of benzene rings is 2. The van der Waals surface area contributed by atoms with Crippen LogP contribution in [0.4, 0.5) is 5.69 Å². The molecule has 7 nitrogen and oxygen atoms in total. The highest BCUT2D eigenvalue weighted by atomic mass is 35.5. The Balaban J connectivity index is 1.80. The fourth-order valence-electron chi connectivity index (χ4n) is 4.86. The Kier molecular flexibility index (Phi) is 7.79. The first-order chi connectivity index (χ1) is 16.3. The summed E-state index contributed by atoms with van der Waals surface area (Å²) in [6.45, 7) is 10.7. The first-order valence-electron chi connectivity index (χ1n) is 11.4. The highest BCUT2D eigenvalue weighted by Gasteiger charge is 2.57. The van der Waals surface area contributed by atoms with Crippen LogP contribution in [-0.2, 0) is 26.0 Å². The number of sulfonamides is 1. The maximum atomic E-state index is 13.8. The summed E-state index contributed by atoms with van der Waals surface area (Å²) in [5.41, 5.74) is -0.229. The van der Waals surface area contributed by atoms with Crippen LogP contribution in [0.2, 0.25) is 5.02 Å². The summed E-state index contributed by atoms with van der Waals surface area (Å²) in [7, 11) is -4.04. The number of carbonyl (C=O) groups is 2. The number of aryl methyl sites for hydroxylation is 1. The number of hydrogen-bond acceptors (Lipinski definition) is 4. The van der Waals surface area contributed by atoms with Gasteiger partial charge in [0.1, 0.15) is 4.90 Å². The maximum Gasteiger partial charge on any atom is 0.245 e. The molecule has 3 rings (SSSR count). The molecule has 0 spiro atoms. The van der Waals surface area contributed by atoms with Crippen LogP contribution < -0.4 is 10.6 Å². The minimum absolute atomic E-state index is 0.0102. The van der Waals surface area contributed by atoms with Crippen LogP contribution in [0.3, 0.4) is 0 Å². The van der Waals surface area contributed by atoms with Gasteiger partial charge in [-0.25, -0.2) is 8.42 Å². The molecule has 1 fully saturated rings. The van der Waals surface area contributed by atoms with Gasteiger partial charge in [-0.15, -0.1) is 0 Å². The lowest BCUT2D eigenvalue weighted by Crippen LogP contribution is -2.56. The van der Waals surface area contributed by atoms with E-state index in [4.69, 9.17) is 11.6 Å². The highest BCUT2D eigenvalue weighted by Crippen LogP contribution is 2.45. The summed E-state index contributed by atoms with van der Waals surface area (Å²) < 4.78 is 29.0. The Bertz CT molecular complexity index is 1230. The van der Waals surface area contributed by atoms with Crippen LogP contribution in [0.25, 0.3) is 0 Å². The van der Waals surface area contributed by atoms with Crippen molar-refractivity contribution in [2.24, 2.45) is 0 Å². The third-order valence-corrected chi connectivity index (χ3v) is 9.13. The molecule has 2 N–H and O–H groups in total. The monoisotopic (exact) mass is 517 g/mol. The second kappa shape index (κ2) is 10.1. The summed E-state index contributed by atoms with van der Waals surface area (Å²) in [5, 5.41) is 5.64. The Morgan fingerprint density at radius 3 is 2.40 bits per heavy atom. The maximum absolute atomic E-state index is 13.8. The summed E-state index contributed by atoms with van der Waals surface area (Å²) >= 11 is 6.44. The molecule has 0 aliphatic carbocycles. The summed E-state index contributed by atoms with van der Waals surface area (Å²) in [6.07, 6.45) is 2.47. The second-order valence-electron chi connectivity index (χ2n) is 9.88.